The van der Waals surface area contributed by atoms with Gasteiger partial charge in [-0.25, -0.2) is 0 Å². The van der Waals surface area contributed by atoms with Gasteiger partial charge in [-0.1, -0.05) is 12.8 Å². The zero-order valence-corrected chi connectivity index (χ0v) is 6.72. The number of alkyl halides is 1. The Morgan fingerprint density at radius 2 is 2.18 bits per heavy atom. The largest absolute Gasteiger partial charge is 0.394 e. The van der Waals surface area contributed by atoms with Crippen LogP contribution in [0.1, 0.15) is 25.7 Å². The van der Waals surface area contributed by atoms with Crippen LogP contribution in [0.2, 0.25) is 0 Å². The molecule has 66 valence electrons. The fourth-order valence-electron chi connectivity index (χ4n) is 1.33. The van der Waals surface area contributed by atoms with Crippen LogP contribution in [0.3, 0.4) is 0 Å². The Balaban J connectivity index is 2.29. The highest BCUT2D eigenvalue weighted by molar-refractivity contribution is 4.90. The van der Waals surface area contributed by atoms with E-state index in [-0.39, 0.29) is 6.61 Å². The first-order valence-electron chi connectivity index (χ1n) is 4.16. The van der Waals surface area contributed by atoms with Crippen molar-refractivity contribution in [1.29, 1.82) is 0 Å². The summed E-state index contributed by atoms with van der Waals surface area (Å²) in [7, 11) is 0. The summed E-state index contributed by atoms with van der Waals surface area (Å²) in [4.78, 5) is 0. The number of halogens is 1. The van der Waals surface area contributed by atoms with Gasteiger partial charge in [0.1, 0.15) is 0 Å². The fourth-order valence-corrected chi connectivity index (χ4v) is 1.33. The number of hydrogen-bond donors (Lipinski definition) is 2. The molecule has 0 unspecified atom stereocenters. The first-order valence-corrected chi connectivity index (χ1v) is 4.16. The number of hydrogen-bond acceptors (Lipinski definition) is 2. The van der Waals surface area contributed by atoms with Gasteiger partial charge in [0, 0.05) is 5.54 Å². The summed E-state index contributed by atoms with van der Waals surface area (Å²) in [6, 6.07) is 0. The maximum absolute atomic E-state index is 12.0. The van der Waals surface area contributed by atoms with Gasteiger partial charge in [-0.3, -0.25) is 4.39 Å². The molecule has 0 spiro atoms. The van der Waals surface area contributed by atoms with E-state index in [1.54, 1.807) is 0 Å². The van der Waals surface area contributed by atoms with Gasteiger partial charge in [0.15, 0.2) is 0 Å². The molecule has 0 aliphatic heterocycles. The number of aliphatic hydroxyl groups excluding tert-OH is 1. The fraction of sp³-hybridized carbons (Fsp3) is 1.00. The molecule has 1 aliphatic carbocycles. The molecule has 0 saturated heterocycles. The second kappa shape index (κ2) is 3.50. The molecule has 1 aliphatic rings. The lowest BCUT2D eigenvalue weighted by Gasteiger charge is -2.25. The number of rotatable bonds is 5. The van der Waals surface area contributed by atoms with Crippen molar-refractivity contribution in [3.8, 4) is 0 Å². The van der Waals surface area contributed by atoms with E-state index in [1.165, 1.54) is 12.8 Å². The Bertz CT molecular complexity index is 127. The van der Waals surface area contributed by atoms with E-state index in [0.717, 1.165) is 6.42 Å². The third kappa shape index (κ3) is 2.75. The molecule has 1 atom stereocenters. The van der Waals surface area contributed by atoms with Crippen LogP contribution >= 0.6 is 0 Å². The van der Waals surface area contributed by atoms with Crippen molar-refractivity contribution in [3.05, 3.63) is 0 Å². The van der Waals surface area contributed by atoms with Gasteiger partial charge in [0.25, 0.3) is 0 Å². The zero-order chi connectivity index (χ0) is 8.32. The van der Waals surface area contributed by atoms with Crippen LogP contribution in [0.5, 0.6) is 0 Å². The average Bonchev–Trinajstić information content (AvgIpc) is 2.73. The van der Waals surface area contributed by atoms with Crippen molar-refractivity contribution in [2.24, 2.45) is 11.7 Å². The van der Waals surface area contributed by atoms with Crippen molar-refractivity contribution in [3.63, 3.8) is 0 Å². The monoisotopic (exact) mass is 161 g/mol. The molecule has 0 aromatic carbocycles. The van der Waals surface area contributed by atoms with Gasteiger partial charge in [0.05, 0.1) is 13.3 Å². The molecule has 1 saturated carbocycles. The van der Waals surface area contributed by atoms with Gasteiger partial charge in [-0.05, 0) is 18.8 Å². The van der Waals surface area contributed by atoms with Crippen LogP contribution in [0, 0.1) is 5.92 Å². The molecule has 3 heteroatoms. The minimum atomic E-state index is -0.643. The first-order chi connectivity index (χ1) is 5.20. The molecule has 2 nitrogen and oxygen atoms in total. The summed E-state index contributed by atoms with van der Waals surface area (Å²) in [6.07, 6.45) is 3.48. The van der Waals surface area contributed by atoms with Gasteiger partial charge < -0.3 is 10.8 Å². The van der Waals surface area contributed by atoms with Gasteiger partial charge in [-0.2, -0.15) is 0 Å². The molecule has 1 rings (SSSR count). The van der Waals surface area contributed by atoms with Crippen molar-refractivity contribution in [2.45, 2.75) is 31.2 Å². The molecule has 3 N–H and O–H groups in total. The average molecular weight is 161 g/mol. The second-order valence-electron chi connectivity index (χ2n) is 3.61. The van der Waals surface area contributed by atoms with Crippen LogP contribution in [0.15, 0.2) is 0 Å². The molecule has 0 amide bonds. The van der Waals surface area contributed by atoms with Crippen molar-refractivity contribution in [2.75, 3.05) is 13.3 Å². The van der Waals surface area contributed by atoms with Crippen LogP contribution in [0.25, 0.3) is 0 Å². The third-order valence-corrected chi connectivity index (χ3v) is 2.30. The summed E-state index contributed by atoms with van der Waals surface area (Å²) in [6.45, 7) is -0.517. The summed E-state index contributed by atoms with van der Waals surface area (Å²) in [5.74, 6) is 0.652. The van der Waals surface area contributed by atoms with Crippen LogP contribution in [0.4, 0.5) is 4.39 Å². The number of nitrogens with two attached hydrogens (primary N) is 1. The molecular formula is C8H16FNO. The first kappa shape index (κ1) is 8.94. The summed E-state index contributed by atoms with van der Waals surface area (Å²) in [5, 5.41) is 8.90. The summed E-state index contributed by atoms with van der Waals surface area (Å²) < 4.78 is 12.0. The van der Waals surface area contributed by atoms with E-state index in [9.17, 15) is 4.39 Å². The standard InChI is InChI=1S/C8H16FNO/c9-4-3-8(10,6-11)5-7-1-2-7/h7,11H,1-6,10H2/t8-/m1/s1. The van der Waals surface area contributed by atoms with Crippen molar-refractivity contribution >= 4 is 0 Å². The lowest BCUT2D eigenvalue weighted by atomic mass is 9.91. The quantitative estimate of drug-likeness (QED) is 0.627. The van der Waals surface area contributed by atoms with Crippen molar-refractivity contribution in [1.82, 2.24) is 0 Å². The second-order valence-corrected chi connectivity index (χ2v) is 3.61. The Morgan fingerprint density at radius 3 is 2.55 bits per heavy atom. The minimum absolute atomic E-state index is 0.0899. The maximum atomic E-state index is 12.0. The van der Waals surface area contributed by atoms with Gasteiger partial charge >= 0.3 is 0 Å². The SMILES string of the molecule is N[C@](CO)(CCF)CC1CC1. The van der Waals surface area contributed by atoms with E-state index in [2.05, 4.69) is 0 Å². The Morgan fingerprint density at radius 1 is 1.55 bits per heavy atom. The Hall–Kier alpha value is -0.150. The normalized spacial score (nSPS) is 23.2. The molecule has 0 aromatic rings. The lowest BCUT2D eigenvalue weighted by molar-refractivity contribution is 0.163. The van der Waals surface area contributed by atoms with Crippen molar-refractivity contribution < 1.29 is 9.50 Å². The highest BCUT2D eigenvalue weighted by Crippen LogP contribution is 2.36. The Labute approximate surface area is 66.6 Å². The Kier molecular flexibility index (Phi) is 2.84. The molecule has 0 heterocycles. The third-order valence-electron chi connectivity index (χ3n) is 2.30. The van der Waals surface area contributed by atoms with Crippen LogP contribution in [-0.4, -0.2) is 23.9 Å². The lowest BCUT2D eigenvalue weighted by Crippen LogP contribution is -2.44. The van der Waals surface area contributed by atoms with Gasteiger partial charge in [-0.15, -0.1) is 0 Å². The van der Waals surface area contributed by atoms with E-state index in [0.29, 0.717) is 12.3 Å². The molecule has 1 fully saturated rings. The van der Waals surface area contributed by atoms with E-state index < -0.39 is 12.2 Å². The smallest absolute Gasteiger partial charge is 0.0912 e. The van der Waals surface area contributed by atoms with E-state index in [1.807, 2.05) is 0 Å². The molecule has 11 heavy (non-hydrogen) atoms. The predicted molar refractivity (Wildman–Crippen MR) is 41.9 cm³/mol. The molecule has 0 aromatic heterocycles. The molecular weight excluding hydrogens is 145 g/mol. The van der Waals surface area contributed by atoms with Gasteiger partial charge in [0.2, 0.25) is 0 Å². The van der Waals surface area contributed by atoms with Crippen LogP contribution < -0.4 is 5.73 Å². The number of aliphatic hydroxyl groups is 1. The highest BCUT2D eigenvalue weighted by Gasteiger charge is 2.33. The van der Waals surface area contributed by atoms with E-state index in [4.69, 9.17) is 10.8 Å². The summed E-state index contributed by atoms with van der Waals surface area (Å²) >= 11 is 0. The summed E-state index contributed by atoms with van der Waals surface area (Å²) in [5.41, 5.74) is 5.12. The minimum Gasteiger partial charge on any atom is -0.394 e. The molecule has 0 bridgehead atoms. The highest BCUT2D eigenvalue weighted by atomic mass is 19.1. The predicted octanol–water partition coefficient (Wildman–Crippen LogP) is 0.836. The zero-order valence-electron chi connectivity index (χ0n) is 6.72. The van der Waals surface area contributed by atoms with E-state index >= 15 is 0 Å². The van der Waals surface area contributed by atoms with Crippen LogP contribution in [-0.2, 0) is 0 Å². The maximum Gasteiger partial charge on any atom is 0.0912 e. The topological polar surface area (TPSA) is 46.2 Å². The molecule has 0 radical (unpaired) electrons.